The van der Waals surface area contributed by atoms with Gasteiger partial charge in [0.05, 0.1) is 17.0 Å². The number of anilines is 1. The summed E-state index contributed by atoms with van der Waals surface area (Å²) in [7, 11) is -3.72. The van der Waals surface area contributed by atoms with Crippen LogP contribution in [0.2, 0.25) is 0 Å². The Kier molecular flexibility index (Phi) is 5.66. The SMILES string of the molecule is CCOc1ccc(NC(=O)c2cc3c(nc4sccn43)s2)cc1S(=O)(=O)N1CCCCC1. The Bertz CT molecular complexity index is 1400. The average Bonchev–Trinajstić information content (AvgIpc) is 3.48. The number of ether oxygens (including phenoxy) is 1. The number of thiophene rings is 1. The summed E-state index contributed by atoms with van der Waals surface area (Å²) in [5.74, 6) is -0.00572. The van der Waals surface area contributed by atoms with Gasteiger partial charge in [-0.05, 0) is 44.0 Å². The van der Waals surface area contributed by atoms with E-state index in [4.69, 9.17) is 4.74 Å². The Morgan fingerprint density at radius 3 is 2.81 bits per heavy atom. The van der Waals surface area contributed by atoms with Crippen molar-refractivity contribution in [1.82, 2.24) is 13.7 Å². The first kappa shape index (κ1) is 21.4. The molecule has 0 atom stereocenters. The Balaban J connectivity index is 1.44. The molecule has 1 aromatic carbocycles. The number of sulfonamides is 1. The molecule has 11 heteroatoms. The Morgan fingerprint density at radius 1 is 1.22 bits per heavy atom. The highest BCUT2D eigenvalue weighted by Crippen LogP contribution is 2.33. The van der Waals surface area contributed by atoms with Crippen molar-refractivity contribution in [3.8, 4) is 5.75 Å². The van der Waals surface area contributed by atoms with Crippen LogP contribution in [0.5, 0.6) is 5.75 Å². The Hall–Kier alpha value is -2.47. The number of aromatic nitrogens is 2. The zero-order valence-corrected chi connectivity index (χ0v) is 19.9. The highest BCUT2D eigenvalue weighted by Gasteiger charge is 2.29. The van der Waals surface area contributed by atoms with Gasteiger partial charge in [-0.2, -0.15) is 4.31 Å². The first-order chi connectivity index (χ1) is 15.5. The second-order valence-corrected chi connectivity index (χ2v) is 11.3. The van der Waals surface area contributed by atoms with Crippen LogP contribution < -0.4 is 10.1 Å². The van der Waals surface area contributed by atoms with E-state index in [9.17, 15) is 13.2 Å². The van der Waals surface area contributed by atoms with Gasteiger partial charge in [0.15, 0.2) is 4.96 Å². The fourth-order valence-corrected chi connectivity index (χ4v) is 7.23. The fraction of sp³-hybridized carbons (Fsp3) is 0.333. The van der Waals surface area contributed by atoms with Gasteiger partial charge in [0.25, 0.3) is 5.91 Å². The largest absolute Gasteiger partial charge is 0.492 e. The summed E-state index contributed by atoms with van der Waals surface area (Å²) >= 11 is 2.85. The second-order valence-electron chi connectivity index (χ2n) is 7.48. The fourth-order valence-electron chi connectivity index (χ4n) is 3.86. The lowest BCUT2D eigenvalue weighted by Gasteiger charge is -2.27. The van der Waals surface area contributed by atoms with Crippen molar-refractivity contribution in [2.45, 2.75) is 31.1 Å². The summed E-state index contributed by atoms with van der Waals surface area (Å²) < 4.78 is 35.6. The lowest BCUT2D eigenvalue weighted by atomic mass is 10.2. The molecule has 32 heavy (non-hydrogen) atoms. The number of amides is 1. The van der Waals surface area contributed by atoms with Crippen molar-refractivity contribution in [3.05, 3.63) is 40.7 Å². The number of piperidine rings is 1. The summed E-state index contributed by atoms with van der Waals surface area (Å²) in [4.78, 5) is 19.7. The number of benzene rings is 1. The summed E-state index contributed by atoms with van der Waals surface area (Å²) in [5.41, 5.74) is 1.29. The van der Waals surface area contributed by atoms with Gasteiger partial charge in [0.1, 0.15) is 15.5 Å². The van der Waals surface area contributed by atoms with Crippen LogP contribution in [0.3, 0.4) is 0 Å². The molecule has 0 unspecified atom stereocenters. The van der Waals surface area contributed by atoms with E-state index in [1.807, 2.05) is 29.0 Å². The molecule has 0 radical (unpaired) electrons. The smallest absolute Gasteiger partial charge is 0.265 e. The molecule has 8 nitrogen and oxygen atoms in total. The van der Waals surface area contributed by atoms with E-state index in [-0.39, 0.29) is 10.8 Å². The van der Waals surface area contributed by atoms with Crippen LogP contribution >= 0.6 is 22.7 Å². The molecule has 0 bridgehead atoms. The van der Waals surface area contributed by atoms with Crippen LogP contribution in [0.1, 0.15) is 35.9 Å². The molecule has 5 rings (SSSR count). The number of carbonyl (C=O) groups excluding carboxylic acids is 1. The summed E-state index contributed by atoms with van der Waals surface area (Å²) in [5, 5.41) is 4.78. The van der Waals surface area contributed by atoms with Crippen molar-refractivity contribution in [1.29, 1.82) is 0 Å². The van der Waals surface area contributed by atoms with Gasteiger partial charge in [-0.25, -0.2) is 13.4 Å². The summed E-state index contributed by atoms with van der Waals surface area (Å²) in [6.45, 7) is 3.15. The molecule has 1 fully saturated rings. The van der Waals surface area contributed by atoms with Crippen LogP contribution in [0, 0.1) is 0 Å². The number of nitrogens with one attached hydrogen (secondary N) is 1. The first-order valence-corrected chi connectivity index (χ1v) is 13.5. The maximum absolute atomic E-state index is 13.3. The van der Waals surface area contributed by atoms with Gasteiger partial charge in [-0.1, -0.05) is 6.42 Å². The molecule has 4 heterocycles. The van der Waals surface area contributed by atoms with Crippen LogP contribution in [0.4, 0.5) is 5.69 Å². The third-order valence-electron chi connectivity index (χ3n) is 5.40. The number of carbonyl (C=O) groups is 1. The minimum atomic E-state index is -3.72. The van der Waals surface area contributed by atoms with E-state index in [1.165, 1.54) is 21.7 Å². The van der Waals surface area contributed by atoms with E-state index in [0.29, 0.717) is 36.0 Å². The molecule has 1 N–H and O–H groups in total. The predicted octanol–water partition coefficient (Wildman–Crippen LogP) is 4.44. The van der Waals surface area contributed by atoms with Crippen molar-refractivity contribution in [2.75, 3.05) is 25.0 Å². The zero-order valence-electron chi connectivity index (χ0n) is 17.4. The number of fused-ring (bicyclic) bond motifs is 3. The van der Waals surface area contributed by atoms with Crippen molar-refractivity contribution < 1.29 is 17.9 Å². The van der Waals surface area contributed by atoms with Gasteiger partial charge in [-0.3, -0.25) is 9.20 Å². The highest BCUT2D eigenvalue weighted by atomic mass is 32.2. The van der Waals surface area contributed by atoms with Gasteiger partial charge in [0, 0.05) is 30.4 Å². The van der Waals surface area contributed by atoms with Gasteiger partial charge < -0.3 is 10.1 Å². The maximum atomic E-state index is 13.3. The molecule has 0 spiro atoms. The number of imidazole rings is 1. The van der Waals surface area contributed by atoms with Crippen LogP contribution in [-0.4, -0.2) is 47.7 Å². The summed E-state index contributed by atoms with van der Waals surface area (Å²) in [6, 6.07) is 6.56. The number of rotatable bonds is 6. The van der Waals surface area contributed by atoms with Crippen LogP contribution in [-0.2, 0) is 10.0 Å². The van der Waals surface area contributed by atoms with Gasteiger partial charge >= 0.3 is 0 Å². The minimum Gasteiger partial charge on any atom is -0.492 e. The van der Waals surface area contributed by atoms with Crippen molar-refractivity contribution >= 4 is 59.6 Å². The van der Waals surface area contributed by atoms with Gasteiger partial charge in [-0.15, -0.1) is 22.7 Å². The van der Waals surface area contributed by atoms with E-state index in [1.54, 1.807) is 23.5 Å². The molecule has 1 aliphatic heterocycles. The topological polar surface area (TPSA) is 93.0 Å². The van der Waals surface area contributed by atoms with E-state index < -0.39 is 10.0 Å². The van der Waals surface area contributed by atoms with Gasteiger partial charge in [0.2, 0.25) is 10.0 Å². The van der Waals surface area contributed by atoms with Crippen molar-refractivity contribution in [2.24, 2.45) is 0 Å². The van der Waals surface area contributed by atoms with E-state index in [2.05, 4.69) is 10.3 Å². The van der Waals surface area contributed by atoms with E-state index in [0.717, 1.165) is 34.6 Å². The Morgan fingerprint density at radius 2 is 2.03 bits per heavy atom. The first-order valence-electron chi connectivity index (χ1n) is 10.4. The third-order valence-corrected chi connectivity index (χ3v) is 9.09. The maximum Gasteiger partial charge on any atom is 0.265 e. The number of thiazole rings is 1. The number of hydrogen-bond acceptors (Lipinski definition) is 7. The quantitative estimate of drug-likeness (QED) is 0.431. The number of hydrogen-bond donors (Lipinski definition) is 1. The minimum absolute atomic E-state index is 0.0844. The molecule has 168 valence electrons. The second kappa shape index (κ2) is 8.47. The van der Waals surface area contributed by atoms with Crippen LogP contribution in [0.15, 0.2) is 40.7 Å². The molecule has 3 aromatic heterocycles. The normalized spacial score (nSPS) is 15.4. The molecule has 0 saturated carbocycles. The predicted molar refractivity (Wildman–Crippen MR) is 127 cm³/mol. The lowest BCUT2D eigenvalue weighted by Crippen LogP contribution is -2.35. The highest BCUT2D eigenvalue weighted by molar-refractivity contribution is 7.89. The molecule has 0 aliphatic carbocycles. The lowest BCUT2D eigenvalue weighted by molar-refractivity contribution is 0.103. The van der Waals surface area contributed by atoms with Crippen LogP contribution in [0.25, 0.3) is 15.3 Å². The summed E-state index contributed by atoms with van der Waals surface area (Å²) in [6.07, 6.45) is 4.64. The number of nitrogens with zero attached hydrogens (tertiary/aromatic N) is 3. The molecule has 1 aliphatic rings. The van der Waals surface area contributed by atoms with Crippen molar-refractivity contribution in [3.63, 3.8) is 0 Å². The average molecular weight is 491 g/mol. The van der Waals surface area contributed by atoms with E-state index >= 15 is 0 Å². The monoisotopic (exact) mass is 490 g/mol. The molecule has 1 saturated heterocycles. The molecule has 4 aromatic rings. The Labute approximate surface area is 193 Å². The zero-order chi connectivity index (χ0) is 22.3. The molecular formula is C21H22N4O4S3. The standard InChI is InChI=1S/C21H22N4O4S3/c1-2-29-16-7-6-14(12-18(16)32(27,28)24-8-4-3-5-9-24)22-19(26)17-13-15-20(31-17)23-21-25(15)10-11-30-21/h6-7,10-13H,2-5,8-9H2,1H3,(H,22,26). The third kappa shape index (κ3) is 3.79. The molecular weight excluding hydrogens is 468 g/mol. The molecule has 1 amide bonds.